The lowest BCUT2D eigenvalue weighted by molar-refractivity contribution is -0.139. The molecule has 0 saturated heterocycles. The fourth-order valence-corrected chi connectivity index (χ4v) is 5.39. The lowest BCUT2D eigenvalue weighted by Crippen LogP contribution is -2.30. The highest BCUT2D eigenvalue weighted by Gasteiger charge is 2.26. The van der Waals surface area contributed by atoms with Crippen molar-refractivity contribution in [2.24, 2.45) is 5.92 Å². The van der Waals surface area contributed by atoms with Crippen LogP contribution in [0.15, 0.2) is 48.5 Å². The number of carbonyl (C=O) groups is 3. The Morgan fingerprint density at radius 3 is 2.71 bits per heavy atom. The number of benzene rings is 2. The van der Waals surface area contributed by atoms with E-state index in [1.807, 2.05) is 19.1 Å². The first-order chi connectivity index (χ1) is 21.6. The van der Waals surface area contributed by atoms with Gasteiger partial charge >= 0.3 is 5.97 Å². The van der Waals surface area contributed by atoms with Gasteiger partial charge in [0, 0.05) is 23.2 Å². The minimum absolute atomic E-state index is 0.0137. The summed E-state index contributed by atoms with van der Waals surface area (Å²) < 4.78 is 26.3. The molecule has 1 aliphatic heterocycles. The number of rotatable bonds is 6. The van der Waals surface area contributed by atoms with Crippen LogP contribution in [0.2, 0.25) is 5.02 Å². The van der Waals surface area contributed by atoms with Crippen LogP contribution >= 0.6 is 11.6 Å². The third-order valence-corrected chi connectivity index (χ3v) is 8.06. The fraction of sp³-hybridized carbons (Fsp3) is 0.312. The van der Waals surface area contributed by atoms with Gasteiger partial charge in [-0.2, -0.15) is 0 Å². The Kier molecular flexibility index (Phi) is 9.43. The van der Waals surface area contributed by atoms with Gasteiger partial charge in [0.05, 0.1) is 43.1 Å². The predicted molar refractivity (Wildman–Crippen MR) is 165 cm³/mol. The van der Waals surface area contributed by atoms with Crippen molar-refractivity contribution in [1.29, 1.82) is 0 Å². The van der Waals surface area contributed by atoms with Crippen molar-refractivity contribution in [2.75, 3.05) is 19.5 Å². The molecule has 5 rings (SSSR count). The average molecular weight is 635 g/mol. The molecule has 2 bridgehead atoms. The summed E-state index contributed by atoms with van der Waals surface area (Å²) in [5.41, 5.74) is 3.50. The molecule has 0 radical (unpaired) electrons. The summed E-state index contributed by atoms with van der Waals surface area (Å²) in [5, 5.41) is 14.0. The smallest absolute Gasteiger partial charge is 0.309 e. The van der Waals surface area contributed by atoms with Gasteiger partial charge in [-0.1, -0.05) is 48.4 Å². The quantitative estimate of drug-likeness (QED) is 0.270. The van der Waals surface area contributed by atoms with E-state index >= 15 is 0 Å². The first-order valence-electron chi connectivity index (χ1n) is 14.3. The third kappa shape index (κ3) is 6.80. The van der Waals surface area contributed by atoms with Crippen LogP contribution < -0.4 is 15.4 Å². The normalized spacial score (nSPS) is 16.4. The second kappa shape index (κ2) is 13.4. The van der Waals surface area contributed by atoms with Gasteiger partial charge in [-0.25, -0.2) is 14.1 Å². The van der Waals surface area contributed by atoms with Crippen molar-refractivity contribution in [3.8, 4) is 22.7 Å². The molecule has 2 aromatic heterocycles. The second-order valence-electron chi connectivity index (χ2n) is 10.8. The third-order valence-electron chi connectivity index (χ3n) is 7.77. The number of methoxy groups -OCH3 is 2. The number of anilines is 1. The lowest BCUT2D eigenvalue weighted by Gasteiger charge is -2.23. The average Bonchev–Trinajstić information content (AvgIpc) is 3.41. The molecule has 2 N–H and O–H groups in total. The maximum absolute atomic E-state index is 14.7. The number of carbonyl (C=O) groups excluding carboxylic acids is 3. The van der Waals surface area contributed by atoms with E-state index in [1.54, 1.807) is 31.2 Å². The van der Waals surface area contributed by atoms with Gasteiger partial charge in [0.15, 0.2) is 11.5 Å². The van der Waals surface area contributed by atoms with Crippen LogP contribution in [0.5, 0.6) is 5.88 Å². The van der Waals surface area contributed by atoms with Gasteiger partial charge in [-0.3, -0.25) is 14.4 Å². The van der Waals surface area contributed by atoms with Gasteiger partial charge in [0.1, 0.15) is 5.69 Å². The number of pyridine rings is 1. The zero-order valence-electron chi connectivity index (χ0n) is 25.2. The molecule has 45 heavy (non-hydrogen) atoms. The van der Waals surface area contributed by atoms with Crippen molar-refractivity contribution < 1.29 is 28.2 Å². The van der Waals surface area contributed by atoms with Crippen molar-refractivity contribution in [3.63, 3.8) is 0 Å². The van der Waals surface area contributed by atoms with Gasteiger partial charge in [-0.05, 0) is 55.2 Å². The maximum atomic E-state index is 14.7. The molecule has 0 unspecified atom stereocenters. The molecule has 0 saturated carbocycles. The lowest BCUT2D eigenvalue weighted by atomic mass is 9.94. The number of hydrogen-bond acceptors (Lipinski definition) is 8. The van der Waals surface area contributed by atoms with E-state index in [1.165, 1.54) is 31.0 Å². The summed E-state index contributed by atoms with van der Waals surface area (Å²) in [6, 6.07) is 12.8. The summed E-state index contributed by atoms with van der Waals surface area (Å²) in [4.78, 5) is 43.4. The zero-order valence-corrected chi connectivity index (χ0v) is 25.9. The standard InChI is InChI=1S/C32H32ClFN6O5/c1-17-7-5-9-23(36-32(43)30-18(2)40(39-38-30)26-10-6-8-22(33)29(26)34)25-15-20(16-27(35-25)44-3)21-12-11-19(14-28(41)45-4)13-24(21)37-31(17)42/h6,8,10-13,15-17,23H,5,7,9,14H2,1-4H3,(H,36,43)(H,37,42)/t17-,23+/m1/s1. The van der Waals surface area contributed by atoms with Crippen LogP contribution in [0.25, 0.3) is 16.8 Å². The number of ether oxygens (including phenoxy) is 2. The molecular weight excluding hydrogens is 603 g/mol. The van der Waals surface area contributed by atoms with Crippen LogP contribution in [0.4, 0.5) is 10.1 Å². The summed E-state index contributed by atoms with van der Waals surface area (Å²) in [6.45, 7) is 3.45. The van der Waals surface area contributed by atoms with Crippen molar-refractivity contribution in [1.82, 2.24) is 25.3 Å². The highest BCUT2D eigenvalue weighted by molar-refractivity contribution is 6.30. The fourth-order valence-electron chi connectivity index (χ4n) is 5.22. The number of nitrogens with one attached hydrogen (secondary N) is 2. The monoisotopic (exact) mass is 634 g/mol. The topological polar surface area (TPSA) is 137 Å². The van der Waals surface area contributed by atoms with E-state index in [2.05, 4.69) is 25.9 Å². The van der Waals surface area contributed by atoms with Gasteiger partial charge < -0.3 is 20.1 Å². The minimum Gasteiger partial charge on any atom is -0.481 e. The number of hydrogen-bond donors (Lipinski definition) is 2. The molecular formula is C32H32ClFN6O5. The Hall–Kier alpha value is -4.84. The van der Waals surface area contributed by atoms with Crippen LogP contribution in [-0.2, 0) is 20.7 Å². The highest BCUT2D eigenvalue weighted by Crippen LogP contribution is 2.35. The predicted octanol–water partition coefficient (Wildman–Crippen LogP) is 5.38. The number of fused-ring (bicyclic) bond motifs is 4. The van der Waals surface area contributed by atoms with Gasteiger partial charge in [-0.15, -0.1) is 5.10 Å². The Morgan fingerprint density at radius 1 is 1.16 bits per heavy atom. The summed E-state index contributed by atoms with van der Waals surface area (Å²) in [6.07, 6.45) is 1.63. The molecule has 234 valence electrons. The molecule has 2 atom stereocenters. The molecule has 2 aromatic carbocycles. The Morgan fingerprint density at radius 2 is 1.96 bits per heavy atom. The number of halogens is 2. The molecule has 4 aromatic rings. The van der Waals surface area contributed by atoms with Crippen LogP contribution in [0.3, 0.4) is 0 Å². The molecule has 11 nitrogen and oxygen atoms in total. The van der Waals surface area contributed by atoms with E-state index in [0.717, 1.165) is 0 Å². The summed E-state index contributed by atoms with van der Waals surface area (Å²) in [7, 11) is 2.81. The highest BCUT2D eigenvalue weighted by atomic mass is 35.5. The molecule has 0 spiro atoms. The van der Waals surface area contributed by atoms with E-state index in [-0.39, 0.29) is 34.6 Å². The van der Waals surface area contributed by atoms with Crippen molar-refractivity contribution in [2.45, 2.75) is 45.6 Å². The number of amides is 2. The Bertz CT molecular complexity index is 1780. The Labute approximate surface area is 264 Å². The van der Waals surface area contributed by atoms with Crippen LogP contribution in [0, 0.1) is 18.7 Å². The first-order valence-corrected chi connectivity index (χ1v) is 14.7. The molecule has 1 aliphatic rings. The van der Waals surface area contributed by atoms with E-state index < -0.39 is 23.7 Å². The van der Waals surface area contributed by atoms with E-state index in [0.29, 0.717) is 58.9 Å². The van der Waals surface area contributed by atoms with Crippen molar-refractivity contribution >= 4 is 35.1 Å². The SMILES string of the molecule is COC(=O)Cc1ccc2c(c1)NC(=O)[C@H](C)CCC[C@H](NC(=O)c1nnn(-c3cccc(Cl)c3F)c1C)c1cc-2cc(OC)n1. The first kappa shape index (κ1) is 31.6. The van der Waals surface area contributed by atoms with Gasteiger partial charge in [0.2, 0.25) is 11.8 Å². The van der Waals surface area contributed by atoms with Crippen LogP contribution in [-0.4, -0.2) is 52.0 Å². The van der Waals surface area contributed by atoms with Crippen LogP contribution in [0.1, 0.15) is 59.7 Å². The summed E-state index contributed by atoms with van der Waals surface area (Å²) >= 11 is 5.95. The molecule has 13 heteroatoms. The van der Waals surface area contributed by atoms with Gasteiger partial charge in [0.25, 0.3) is 5.91 Å². The molecule has 2 amide bonds. The van der Waals surface area contributed by atoms with E-state index in [4.69, 9.17) is 21.1 Å². The zero-order chi connectivity index (χ0) is 32.2. The molecule has 3 heterocycles. The number of esters is 1. The van der Waals surface area contributed by atoms with Crippen molar-refractivity contribution in [3.05, 3.63) is 82.0 Å². The summed E-state index contributed by atoms with van der Waals surface area (Å²) in [5.74, 6) is -1.81. The largest absolute Gasteiger partial charge is 0.481 e. The number of aromatic nitrogens is 4. The maximum Gasteiger partial charge on any atom is 0.309 e. The second-order valence-corrected chi connectivity index (χ2v) is 11.2. The molecule has 0 aliphatic carbocycles. The Balaban J connectivity index is 1.53. The number of nitrogens with zero attached hydrogens (tertiary/aromatic N) is 4. The van der Waals surface area contributed by atoms with E-state index in [9.17, 15) is 18.8 Å². The minimum atomic E-state index is -0.678. The molecule has 0 fully saturated rings.